The van der Waals surface area contributed by atoms with Crippen molar-refractivity contribution in [1.29, 1.82) is 0 Å². The van der Waals surface area contributed by atoms with Crippen LogP contribution in [-0.2, 0) is 24.3 Å². The van der Waals surface area contributed by atoms with Gasteiger partial charge in [-0.05, 0) is 0 Å². The molecule has 0 unspecified atom stereocenters. The first-order valence-corrected chi connectivity index (χ1v) is 8.39. The van der Waals surface area contributed by atoms with E-state index in [4.69, 9.17) is 2.74 Å². The molecule has 1 aromatic rings. The number of hydrogen-bond donors (Lipinski definition) is 0. The molecule has 0 fully saturated rings. The third-order valence-electron chi connectivity index (χ3n) is 2.29. The fourth-order valence-corrected chi connectivity index (χ4v) is 4.02. The van der Waals surface area contributed by atoms with Crippen molar-refractivity contribution in [2.24, 2.45) is 5.41 Å². The minimum absolute atomic E-state index is 0.344. The zero-order chi connectivity index (χ0) is 14.8. The van der Waals surface area contributed by atoms with Gasteiger partial charge in [-0.3, -0.25) is 0 Å². The topological polar surface area (TPSA) is 3.24 Å². The predicted octanol–water partition coefficient (Wildman–Crippen LogP) is 3.28. The van der Waals surface area contributed by atoms with Crippen molar-refractivity contribution < 1.29 is 20.7 Å². The SMILES string of the molecule is [2H]C([2H])(c1cc[c]([Ir+][N]2C=CC=CC2)cc1)C(C)(C)C. The van der Waals surface area contributed by atoms with E-state index in [2.05, 4.69) is 40.1 Å². The molecule has 1 aromatic carbocycles. The molecule has 98 valence electrons. The number of benzene rings is 1. The summed E-state index contributed by atoms with van der Waals surface area (Å²) in [6.45, 7) is 6.82. The van der Waals surface area contributed by atoms with Crippen LogP contribution in [0.5, 0.6) is 0 Å². The van der Waals surface area contributed by atoms with Gasteiger partial charge in [-0.15, -0.1) is 0 Å². The van der Waals surface area contributed by atoms with Crippen LogP contribution in [0.3, 0.4) is 0 Å². The standard InChI is InChI=1S/C11H15.C5H6N.Ir/c1-11(2,3)9-10-7-5-4-6-8-10;1-2-4-6-5-3-1;/h5-8H,9H2,1-3H3;1-4H,5H2;/q;-1;+2/i9D2;;. The fraction of sp³-hybridized carbons (Fsp3) is 0.375. The Labute approximate surface area is 122 Å². The van der Waals surface area contributed by atoms with Gasteiger partial charge in [0.05, 0.1) is 0 Å². The summed E-state index contributed by atoms with van der Waals surface area (Å²) in [6, 6.07) is 8.08. The molecule has 1 aliphatic heterocycles. The van der Waals surface area contributed by atoms with Gasteiger partial charge in [0.15, 0.2) is 0 Å². The van der Waals surface area contributed by atoms with Gasteiger partial charge in [0, 0.05) is 0 Å². The van der Waals surface area contributed by atoms with Crippen LogP contribution >= 0.6 is 0 Å². The average molecular weight is 422 g/mol. The second-order valence-electron chi connectivity index (χ2n) is 5.26. The quantitative estimate of drug-likeness (QED) is 0.724. The van der Waals surface area contributed by atoms with Crippen LogP contribution in [0, 0.1) is 5.41 Å². The summed E-state index contributed by atoms with van der Waals surface area (Å²) in [5.74, 6) is 0. The fourth-order valence-electron chi connectivity index (χ4n) is 1.61. The van der Waals surface area contributed by atoms with Gasteiger partial charge in [-0.2, -0.15) is 0 Å². The van der Waals surface area contributed by atoms with Gasteiger partial charge in [0.25, 0.3) is 0 Å². The molecule has 2 heteroatoms. The summed E-state index contributed by atoms with van der Waals surface area (Å²) in [5.41, 5.74) is 0.375. The predicted molar refractivity (Wildman–Crippen MR) is 74.2 cm³/mol. The van der Waals surface area contributed by atoms with Crippen molar-refractivity contribution in [3.63, 3.8) is 0 Å². The molecule has 0 N–H and O–H groups in total. The maximum atomic E-state index is 8.29. The first-order chi connectivity index (χ1) is 9.30. The molecule has 0 atom stereocenters. The summed E-state index contributed by atoms with van der Waals surface area (Å²) in [7, 11) is 0. The molecule has 18 heavy (non-hydrogen) atoms. The van der Waals surface area contributed by atoms with Crippen LogP contribution in [-0.4, -0.2) is 10.1 Å². The van der Waals surface area contributed by atoms with Crippen LogP contribution in [0.2, 0.25) is 0 Å². The molecule has 0 radical (unpaired) electrons. The molecule has 0 aromatic heterocycles. The van der Waals surface area contributed by atoms with E-state index < -0.39 is 11.8 Å². The molecule has 0 spiro atoms. The van der Waals surface area contributed by atoms with Gasteiger partial charge in [0.2, 0.25) is 0 Å². The Morgan fingerprint density at radius 2 is 1.94 bits per heavy atom. The normalized spacial score (nSPS) is 17.8. The minimum atomic E-state index is -1.31. The zero-order valence-electron chi connectivity index (χ0n) is 13.1. The Balaban J connectivity index is 2.10. The van der Waals surface area contributed by atoms with Crippen LogP contribution in [0.1, 0.15) is 29.1 Å². The van der Waals surface area contributed by atoms with Crippen LogP contribution < -0.4 is 4.08 Å². The van der Waals surface area contributed by atoms with E-state index in [1.807, 2.05) is 32.9 Å². The number of nitrogens with zero attached hydrogens (tertiary/aromatic N) is 1. The molecule has 1 aliphatic rings. The number of rotatable bonds is 3. The molecule has 0 saturated carbocycles. The molecular formula is C16H21IrN+. The third-order valence-corrected chi connectivity index (χ3v) is 5.19. The maximum absolute atomic E-state index is 8.29. The molecular weight excluding hydrogens is 398 g/mol. The third kappa shape index (κ3) is 4.44. The Morgan fingerprint density at radius 3 is 2.50 bits per heavy atom. The molecule has 0 aliphatic carbocycles. The van der Waals surface area contributed by atoms with Crippen molar-refractivity contribution in [2.75, 3.05) is 6.54 Å². The molecule has 0 saturated heterocycles. The van der Waals surface area contributed by atoms with Gasteiger partial charge in [0.1, 0.15) is 0 Å². The van der Waals surface area contributed by atoms with E-state index in [0.29, 0.717) is 0 Å². The Bertz CT molecular complexity index is 512. The van der Waals surface area contributed by atoms with E-state index in [-0.39, 0.29) is 17.9 Å². The average Bonchev–Trinajstić information content (AvgIpc) is 2.39. The first-order valence-electron chi connectivity index (χ1n) is 7.12. The number of hydrogen-bond acceptors (Lipinski definition) is 1. The van der Waals surface area contributed by atoms with Gasteiger partial charge in [-0.1, -0.05) is 0 Å². The molecule has 0 amide bonds. The van der Waals surface area contributed by atoms with Crippen molar-refractivity contribution in [3.8, 4) is 0 Å². The van der Waals surface area contributed by atoms with Crippen LogP contribution in [0.25, 0.3) is 0 Å². The monoisotopic (exact) mass is 422 g/mol. The zero-order valence-corrected chi connectivity index (χ0v) is 13.5. The summed E-state index contributed by atoms with van der Waals surface area (Å²) in [6.07, 6.45) is 7.14. The van der Waals surface area contributed by atoms with Gasteiger partial charge >= 0.3 is 122 Å². The second kappa shape index (κ2) is 5.86. The Kier molecular flexibility index (Phi) is 3.59. The first kappa shape index (κ1) is 11.0. The molecule has 0 bridgehead atoms. The molecule has 2 rings (SSSR count). The second-order valence-corrected chi connectivity index (χ2v) is 8.55. The van der Waals surface area contributed by atoms with Gasteiger partial charge < -0.3 is 0 Å². The van der Waals surface area contributed by atoms with Crippen LogP contribution in [0.4, 0.5) is 0 Å². The van der Waals surface area contributed by atoms with Crippen molar-refractivity contribution in [2.45, 2.75) is 27.1 Å². The summed E-state index contributed by atoms with van der Waals surface area (Å²) < 4.78 is 20.3. The van der Waals surface area contributed by atoms with E-state index in [0.717, 1.165) is 12.1 Å². The molecule has 1 heterocycles. The molecule has 1 nitrogen and oxygen atoms in total. The van der Waals surface area contributed by atoms with E-state index in [9.17, 15) is 0 Å². The van der Waals surface area contributed by atoms with Crippen molar-refractivity contribution in [3.05, 3.63) is 54.3 Å². The Morgan fingerprint density at radius 1 is 1.22 bits per heavy atom. The Hall–Kier alpha value is -0.851. The van der Waals surface area contributed by atoms with Crippen molar-refractivity contribution >= 4 is 4.08 Å². The van der Waals surface area contributed by atoms with E-state index in [1.165, 1.54) is 4.08 Å². The summed E-state index contributed by atoms with van der Waals surface area (Å²) in [5, 5.41) is 0. The van der Waals surface area contributed by atoms with E-state index in [1.54, 1.807) is 0 Å². The summed E-state index contributed by atoms with van der Waals surface area (Å²) in [4.78, 5) is 0. The number of allylic oxidation sites excluding steroid dienone is 2. The van der Waals surface area contributed by atoms with Crippen LogP contribution in [0.15, 0.2) is 48.7 Å². The van der Waals surface area contributed by atoms with E-state index >= 15 is 0 Å². The summed E-state index contributed by atoms with van der Waals surface area (Å²) >= 11 is -0.344. The van der Waals surface area contributed by atoms with Crippen molar-refractivity contribution in [1.82, 2.24) is 3.57 Å². The van der Waals surface area contributed by atoms with Gasteiger partial charge in [-0.25, -0.2) is 0 Å².